The molecule has 0 aliphatic carbocycles. The summed E-state index contributed by atoms with van der Waals surface area (Å²) >= 11 is 1.95. The summed E-state index contributed by atoms with van der Waals surface area (Å²) in [5.74, 6) is 1.83. The summed E-state index contributed by atoms with van der Waals surface area (Å²) in [6, 6.07) is 8.20. The number of hydrogen-bond acceptors (Lipinski definition) is 4. The number of nitrogens with one attached hydrogen (secondary N) is 1. The van der Waals surface area contributed by atoms with Crippen LogP contribution in [0.4, 0.5) is 4.39 Å². The van der Waals surface area contributed by atoms with Crippen LogP contribution in [0, 0.1) is 5.82 Å². The van der Waals surface area contributed by atoms with Gasteiger partial charge in [0.1, 0.15) is 11.5 Å². The Labute approximate surface area is 169 Å². The van der Waals surface area contributed by atoms with Crippen molar-refractivity contribution >= 4 is 17.7 Å². The molecule has 4 rings (SSSR count). The Bertz CT molecular complexity index is 788. The summed E-state index contributed by atoms with van der Waals surface area (Å²) < 4.78 is 13.2. The Hall–Kier alpha value is -1.86. The third kappa shape index (κ3) is 4.58. The number of aromatic amines is 1. The molecule has 1 aromatic heterocycles. The third-order valence-corrected chi connectivity index (χ3v) is 6.76. The number of rotatable bonds is 4. The minimum absolute atomic E-state index is 0.0189. The van der Waals surface area contributed by atoms with Crippen molar-refractivity contribution in [1.29, 1.82) is 0 Å². The van der Waals surface area contributed by atoms with E-state index in [0.717, 1.165) is 49.7 Å². The van der Waals surface area contributed by atoms with E-state index in [-0.39, 0.29) is 17.8 Å². The van der Waals surface area contributed by atoms with Gasteiger partial charge >= 0.3 is 0 Å². The molecule has 1 unspecified atom stereocenters. The molecule has 1 N–H and O–H groups in total. The van der Waals surface area contributed by atoms with Crippen LogP contribution in [0.2, 0.25) is 0 Å². The van der Waals surface area contributed by atoms with E-state index in [1.54, 1.807) is 18.2 Å². The molecule has 7 heteroatoms. The summed E-state index contributed by atoms with van der Waals surface area (Å²) in [4.78, 5) is 17.8. The number of aromatic nitrogens is 2. The summed E-state index contributed by atoms with van der Waals surface area (Å²) in [5.41, 5.74) is 1.97. The molecule has 150 valence electrons. The normalized spacial score (nSPS) is 21.5. The second kappa shape index (κ2) is 9.09. The number of likely N-dealkylation sites (tertiary alicyclic amines) is 1. The second-order valence-corrected chi connectivity index (χ2v) is 8.77. The molecule has 5 nitrogen and oxygen atoms in total. The first-order valence-corrected chi connectivity index (χ1v) is 11.3. The highest BCUT2D eigenvalue weighted by Gasteiger charge is 2.29. The fourth-order valence-corrected chi connectivity index (χ4v) is 5.10. The van der Waals surface area contributed by atoms with Gasteiger partial charge in [-0.05, 0) is 68.4 Å². The van der Waals surface area contributed by atoms with Crippen molar-refractivity contribution in [3.63, 3.8) is 0 Å². The lowest BCUT2D eigenvalue weighted by atomic mass is 10.1. The van der Waals surface area contributed by atoms with Gasteiger partial charge in [0.25, 0.3) is 5.91 Å². The van der Waals surface area contributed by atoms with Gasteiger partial charge in [0.2, 0.25) is 0 Å². The van der Waals surface area contributed by atoms with Gasteiger partial charge < -0.3 is 9.80 Å². The van der Waals surface area contributed by atoms with Crippen molar-refractivity contribution in [2.75, 3.05) is 37.7 Å². The lowest BCUT2D eigenvalue weighted by Crippen LogP contribution is -2.49. The highest BCUT2D eigenvalue weighted by Crippen LogP contribution is 2.23. The maximum atomic E-state index is 13.3. The van der Waals surface area contributed by atoms with E-state index in [1.165, 1.54) is 31.4 Å². The number of benzene rings is 1. The van der Waals surface area contributed by atoms with Crippen molar-refractivity contribution in [2.45, 2.75) is 31.7 Å². The smallest absolute Gasteiger partial charge is 0.272 e. The molecular formula is C21H27FN4OS. The summed E-state index contributed by atoms with van der Waals surface area (Å²) in [6.45, 7) is 4.02. The largest absolute Gasteiger partial charge is 0.332 e. The van der Waals surface area contributed by atoms with Crippen LogP contribution in [-0.2, 0) is 0 Å². The van der Waals surface area contributed by atoms with Crippen molar-refractivity contribution in [3.05, 3.63) is 41.8 Å². The average molecular weight is 403 g/mol. The molecule has 2 saturated heterocycles. The lowest BCUT2D eigenvalue weighted by Gasteiger charge is -2.35. The Kier molecular flexibility index (Phi) is 6.32. The maximum absolute atomic E-state index is 13.3. The molecule has 2 fully saturated rings. The molecular weight excluding hydrogens is 375 g/mol. The molecule has 0 saturated carbocycles. The molecule has 1 amide bonds. The number of carbonyl (C=O) groups excluding carboxylic acids is 1. The maximum Gasteiger partial charge on any atom is 0.272 e. The van der Waals surface area contributed by atoms with Gasteiger partial charge in [-0.25, -0.2) is 4.39 Å². The topological polar surface area (TPSA) is 52.2 Å². The Morgan fingerprint density at radius 2 is 1.93 bits per heavy atom. The third-order valence-electron chi connectivity index (χ3n) is 5.57. The number of hydrogen-bond donors (Lipinski definition) is 1. The first-order chi connectivity index (χ1) is 13.7. The molecule has 0 bridgehead atoms. The monoisotopic (exact) mass is 402 g/mol. The summed E-state index contributed by atoms with van der Waals surface area (Å²) in [6.07, 6.45) is 4.86. The highest BCUT2D eigenvalue weighted by atomic mass is 32.2. The van der Waals surface area contributed by atoms with Crippen LogP contribution < -0.4 is 0 Å². The summed E-state index contributed by atoms with van der Waals surface area (Å²) in [7, 11) is 0. The van der Waals surface area contributed by atoms with Crippen LogP contribution in [0.3, 0.4) is 0 Å². The SMILES string of the molecule is O=C(c1cc(-c2ccc(F)cc2)n[nH]1)N1CCCSCC1CN1CCCCC1. The number of piperidine rings is 1. The molecule has 2 aromatic rings. The minimum Gasteiger partial charge on any atom is -0.332 e. The van der Waals surface area contributed by atoms with E-state index >= 15 is 0 Å². The zero-order valence-electron chi connectivity index (χ0n) is 16.1. The fourth-order valence-electron chi connectivity index (χ4n) is 4.04. The van der Waals surface area contributed by atoms with Gasteiger partial charge in [0.05, 0.1) is 11.7 Å². The van der Waals surface area contributed by atoms with E-state index in [4.69, 9.17) is 0 Å². The van der Waals surface area contributed by atoms with Crippen LogP contribution in [-0.4, -0.2) is 69.6 Å². The first kappa shape index (κ1) is 19.5. The van der Waals surface area contributed by atoms with Crippen LogP contribution >= 0.6 is 11.8 Å². The fraction of sp³-hybridized carbons (Fsp3) is 0.524. The van der Waals surface area contributed by atoms with Crippen molar-refractivity contribution in [2.24, 2.45) is 0 Å². The van der Waals surface area contributed by atoms with Crippen LogP contribution in [0.25, 0.3) is 11.3 Å². The quantitative estimate of drug-likeness (QED) is 0.848. The van der Waals surface area contributed by atoms with E-state index < -0.39 is 0 Å². The zero-order valence-corrected chi connectivity index (χ0v) is 16.9. The summed E-state index contributed by atoms with van der Waals surface area (Å²) in [5, 5.41) is 7.19. The van der Waals surface area contributed by atoms with Crippen LogP contribution in [0.1, 0.15) is 36.2 Å². The number of nitrogens with zero attached hydrogens (tertiary/aromatic N) is 3. The predicted octanol–water partition coefficient (Wildman–Crippen LogP) is 3.65. The lowest BCUT2D eigenvalue weighted by molar-refractivity contribution is 0.0639. The average Bonchev–Trinajstić information content (AvgIpc) is 3.10. The number of H-pyrrole nitrogens is 1. The van der Waals surface area contributed by atoms with E-state index in [9.17, 15) is 9.18 Å². The number of amides is 1. The van der Waals surface area contributed by atoms with Crippen molar-refractivity contribution in [3.8, 4) is 11.3 Å². The van der Waals surface area contributed by atoms with E-state index in [1.807, 2.05) is 16.7 Å². The van der Waals surface area contributed by atoms with Gasteiger partial charge in [-0.1, -0.05) is 6.42 Å². The molecule has 0 spiro atoms. The zero-order chi connectivity index (χ0) is 19.3. The molecule has 28 heavy (non-hydrogen) atoms. The highest BCUT2D eigenvalue weighted by molar-refractivity contribution is 7.99. The number of thioether (sulfide) groups is 1. The van der Waals surface area contributed by atoms with Crippen LogP contribution in [0.5, 0.6) is 0 Å². The Balaban J connectivity index is 1.50. The molecule has 1 aromatic carbocycles. The standard InChI is InChI=1S/C21H27FN4OS/c22-17-7-5-16(6-8-17)19-13-20(24-23-19)21(27)26-11-4-12-28-15-18(26)14-25-9-2-1-3-10-25/h5-8,13,18H,1-4,9-12,14-15H2,(H,23,24). The van der Waals surface area contributed by atoms with Gasteiger partial charge in [0, 0.05) is 24.4 Å². The van der Waals surface area contributed by atoms with Gasteiger partial charge in [-0.15, -0.1) is 0 Å². The Morgan fingerprint density at radius 3 is 2.71 bits per heavy atom. The molecule has 1 atom stereocenters. The van der Waals surface area contributed by atoms with Crippen molar-refractivity contribution in [1.82, 2.24) is 20.0 Å². The number of halogens is 1. The minimum atomic E-state index is -0.279. The number of carbonyl (C=O) groups is 1. The Morgan fingerprint density at radius 1 is 1.14 bits per heavy atom. The van der Waals surface area contributed by atoms with E-state index in [0.29, 0.717) is 11.4 Å². The van der Waals surface area contributed by atoms with Gasteiger partial charge in [0.15, 0.2) is 0 Å². The molecule has 0 radical (unpaired) electrons. The molecule has 3 heterocycles. The van der Waals surface area contributed by atoms with Gasteiger partial charge in [-0.2, -0.15) is 16.9 Å². The van der Waals surface area contributed by atoms with Crippen molar-refractivity contribution < 1.29 is 9.18 Å². The second-order valence-electron chi connectivity index (χ2n) is 7.62. The predicted molar refractivity (Wildman–Crippen MR) is 111 cm³/mol. The van der Waals surface area contributed by atoms with Crippen LogP contribution in [0.15, 0.2) is 30.3 Å². The van der Waals surface area contributed by atoms with E-state index in [2.05, 4.69) is 15.1 Å². The molecule has 2 aliphatic heterocycles. The van der Waals surface area contributed by atoms with Gasteiger partial charge in [-0.3, -0.25) is 9.89 Å². The first-order valence-electron chi connectivity index (χ1n) is 10.1. The molecule has 2 aliphatic rings.